The zero-order valence-electron chi connectivity index (χ0n) is 16.6. The summed E-state index contributed by atoms with van der Waals surface area (Å²) in [5, 5.41) is 3.05. The van der Waals surface area contributed by atoms with Crippen molar-refractivity contribution in [3.63, 3.8) is 0 Å². The van der Waals surface area contributed by atoms with Crippen LogP contribution in [0.2, 0.25) is 0 Å². The van der Waals surface area contributed by atoms with E-state index >= 15 is 0 Å². The van der Waals surface area contributed by atoms with Crippen LogP contribution < -0.4 is 10.2 Å². The highest BCUT2D eigenvalue weighted by Crippen LogP contribution is 2.49. The number of rotatable bonds is 4. The average Bonchev–Trinajstić information content (AvgIpc) is 3.37. The maximum Gasteiger partial charge on any atom is 0.414 e. The van der Waals surface area contributed by atoms with Crippen molar-refractivity contribution in [3.05, 3.63) is 59.7 Å². The largest absolute Gasteiger partial charge is 0.447 e. The van der Waals surface area contributed by atoms with E-state index in [0.29, 0.717) is 18.8 Å². The molecule has 5 heteroatoms. The second-order valence-corrected chi connectivity index (χ2v) is 8.68. The van der Waals surface area contributed by atoms with Gasteiger partial charge in [-0.3, -0.25) is 9.69 Å². The van der Waals surface area contributed by atoms with Gasteiger partial charge in [0.2, 0.25) is 5.91 Å². The van der Waals surface area contributed by atoms with E-state index in [-0.39, 0.29) is 17.4 Å². The van der Waals surface area contributed by atoms with Crippen molar-refractivity contribution in [2.45, 2.75) is 44.4 Å². The highest BCUT2D eigenvalue weighted by atomic mass is 16.6. The fourth-order valence-electron chi connectivity index (χ4n) is 3.69. The normalized spacial score (nSPS) is 18.0. The number of nitrogens with one attached hydrogen (secondary N) is 1. The van der Waals surface area contributed by atoms with Gasteiger partial charge in [0.1, 0.15) is 6.61 Å². The Kier molecular flexibility index (Phi) is 4.41. The minimum absolute atomic E-state index is 0.0113. The second-order valence-electron chi connectivity index (χ2n) is 8.68. The van der Waals surface area contributed by atoms with E-state index in [1.54, 1.807) is 4.90 Å². The number of anilines is 2. The summed E-state index contributed by atoms with van der Waals surface area (Å²) in [6.07, 6.45) is 1.36. The van der Waals surface area contributed by atoms with Crippen molar-refractivity contribution in [2.24, 2.45) is 0 Å². The Bertz CT molecular complexity index is 908. The Hall–Kier alpha value is -2.82. The summed E-state index contributed by atoms with van der Waals surface area (Å²) in [6, 6.07) is 15.8. The summed E-state index contributed by atoms with van der Waals surface area (Å²) in [7, 11) is 0. The van der Waals surface area contributed by atoms with Crippen LogP contribution in [0.3, 0.4) is 0 Å². The second kappa shape index (κ2) is 6.66. The van der Waals surface area contributed by atoms with Crippen LogP contribution in [0, 0.1) is 0 Å². The van der Waals surface area contributed by atoms with Crippen molar-refractivity contribution in [1.82, 2.24) is 0 Å². The van der Waals surface area contributed by atoms with Crippen LogP contribution in [-0.4, -0.2) is 25.2 Å². The van der Waals surface area contributed by atoms with E-state index in [1.807, 2.05) is 24.3 Å². The predicted octanol–water partition coefficient (Wildman–Crippen LogP) is 4.61. The summed E-state index contributed by atoms with van der Waals surface area (Å²) in [5.41, 5.74) is 3.41. The molecule has 2 aromatic carbocycles. The standard InChI is InChI=1S/C23H26N2O3/c1-22(2,3)16-7-9-17(10-8-16)23(11-12-23)20(26)24-18-5-4-6-19(15-18)25-13-14-28-21(25)27/h4-10,15H,11-14H2,1-3H3,(H,24,26). The number of cyclic esters (lactones) is 1. The number of nitrogens with zero attached hydrogens (tertiary/aromatic N) is 1. The Labute approximate surface area is 165 Å². The van der Waals surface area contributed by atoms with Gasteiger partial charge in [-0.25, -0.2) is 4.79 Å². The SMILES string of the molecule is CC(C)(C)c1ccc(C2(C(=O)Nc3cccc(N4CCOC4=O)c3)CC2)cc1. The molecule has 0 radical (unpaired) electrons. The molecule has 0 spiro atoms. The summed E-state index contributed by atoms with van der Waals surface area (Å²) in [6.45, 7) is 7.48. The fourth-order valence-corrected chi connectivity index (χ4v) is 3.69. The minimum Gasteiger partial charge on any atom is -0.447 e. The quantitative estimate of drug-likeness (QED) is 0.845. The first-order chi connectivity index (χ1) is 13.3. The smallest absolute Gasteiger partial charge is 0.414 e. The monoisotopic (exact) mass is 378 g/mol. The van der Waals surface area contributed by atoms with E-state index in [9.17, 15) is 9.59 Å². The zero-order chi connectivity index (χ0) is 19.9. The highest BCUT2D eigenvalue weighted by Gasteiger charge is 2.51. The van der Waals surface area contributed by atoms with Crippen LogP contribution in [0.5, 0.6) is 0 Å². The minimum atomic E-state index is -0.445. The number of hydrogen-bond donors (Lipinski definition) is 1. The molecule has 2 amide bonds. The molecule has 4 rings (SSSR count). The van der Waals surface area contributed by atoms with Gasteiger partial charge in [0.15, 0.2) is 0 Å². The van der Waals surface area contributed by atoms with Gasteiger partial charge >= 0.3 is 6.09 Å². The van der Waals surface area contributed by atoms with E-state index < -0.39 is 5.41 Å². The molecule has 0 bridgehead atoms. The zero-order valence-corrected chi connectivity index (χ0v) is 16.6. The molecule has 28 heavy (non-hydrogen) atoms. The van der Waals surface area contributed by atoms with Gasteiger partial charge in [0, 0.05) is 11.4 Å². The number of amides is 2. The Morgan fingerprint density at radius 2 is 1.82 bits per heavy atom. The molecule has 1 saturated carbocycles. The van der Waals surface area contributed by atoms with Gasteiger partial charge in [-0.05, 0) is 47.6 Å². The van der Waals surface area contributed by atoms with Crippen molar-refractivity contribution >= 4 is 23.4 Å². The molecule has 0 atom stereocenters. The van der Waals surface area contributed by atoms with E-state index in [2.05, 4.69) is 50.4 Å². The van der Waals surface area contributed by atoms with Gasteiger partial charge in [-0.15, -0.1) is 0 Å². The van der Waals surface area contributed by atoms with E-state index in [4.69, 9.17) is 4.74 Å². The molecule has 0 aromatic heterocycles. The van der Waals surface area contributed by atoms with Crippen LogP contribution in [0.25, 0.3) is 0 Å². The van der Waals surface area contributed by atoms with E-state index in [0.717, 1.165) is 24.1 Å². The molecule has 146 valence electrons. The lowest BCUT2D eigenvalue weighted by Gasteiger charge is -2.21. The molecular weight excluding hydrogens is 352 g/mol. The van der Waals surface area contributed by atoms with Crippen LogP contribution in [0.1, 0.15) is 44.7 Å². The molecular formula is C23H26N2O3. The van der Waals surface area contributed by atoms with Crippen molar-refractivity contribution in [3.8, 4) is 0 Å². The molecule has 0 unspecified atom stereocenters. The van der Waals surface area contributed by atoms with E-state index in [1.165, 1.54) is 5.56 Å². The number of carbonyl (C=O) groups excluding carboxylic acids is 2. The fraction of sp³-hybridized carbons (Fsp3) is 0.391. The lowest BCUT2D eigenvalue weighted by atomic mass is 9.85. The summed E-state index contributed by atoms with van der Waals surface area (Å²) in [4.78, 5) is 26.4. The first-order valence-corrected chi connectivity index (χ1v) is 9.76. The molecule has 1 aliphatic carbocycles. The third kappa shape index (κ3) is 3.37. The lowest BCUT2D eigenvalue weighted by molar-refractivity contribution is -0.118. The van der Waals surface area contributed by atoms with Crippen molar-refractivity contribution < 1.29 is 14.3 Å². The average molecular weight is 378 g/mol. The number of ether oxygens (including phenoxy) is 1. The first-order valence-electron chi connectivity index (χ1n) is 9.76. The van der Waals surface area contributed by atoms with Crippen LogP contribution in [-0.2, 0) is 20.4 Å². The third-order valence-corrected chi connectivity index (χ3v) is 5.66. The molecule has 5 nitrogen and oxygen atoms in total. The number of benzene rings is 2. The first kappa shape index (κ1) is 18.5. The van der Waals surface area contributed by atoms with Crippen LogP contribution >= 0.6 is 0 Å². The number of carbonyl (C=O) groups is 2. The molecule has 1 heterocycles. The molecule has 2 aliphatic rings. The van der Waals surface area contributed by atoms with Gasteiger partial charge < -0.3 is 10.1 Å². The van der Waals surface area contributed by atoms with Gasteiger partial charge in [0.25, 0.3) is 0 Å². The lowest BCUT2D eigenvalue weighted by Crippen LogP contribution is -2.28. The highest BCUT2D eigenvalue weighted by molar-refractivity contribution is 6.02. The van der Waals surface area contributed by atoms with Gasteiger partial charge in [-0.1, -0.05) is 51.1 Å². The molecule has 2 aromatic rings. The summed E-state index contributed by atoms with van der Waals surface area (Å²) >= 11 is 0. The van der Waals surface area contributed by atoms with Crippen molar-refractivity contribution in [2.75, 3.05) is 23.4 Å². The van der Waals surface area contributed by atoms with Gasteiger partial charge in [-0.2, -0.15) is 0 Å². The summed E-state index contributed by atoms with van der Waals surface area (Å²) in [5.74, 6) is 0.0113. The molecule has 1 saturated heterocycles. The third-order valence-electron chi connectivity index (χ3n) is 5.66. The van der Waals surface area contributed by atoms with Crippen LogP contribution in [0.4, 0.5) is 16.2 Å². The number of hydrogen-bond acceptors (Lipinski definition) is 3. The maximum absolute atomic E-state index is 13.1. The Morgan fingerprint density at radius 1 is 1.11 bits per heavy atom. The topological polar surface area (TPSA) is 58.6 Å². The van der Waals surface area contributed by atoms with Crippen molar-refractivity contribution in [1.29, 1.82) is 0 Å². The molecule has 2 fully saturated rings. The predicted molar refractivity (Wildman–Crippen MR) is 110 cm³/mol. The van der Waals surface area contributed by atoms with Crippen LogP contribution in [0.15, 0.2) is 48.5 Å². The Balaban J connectivity index is 1.51. The maximum atomic E-state index is 13.1. The Morgan fingerprint density at radius 3 is 2.39 bits per heavy atom. The van der Waals surface area contributed by atoms with Gasteiger partial charge in [0.05, 0.1) is 12.0 Å². The summed E-state index contributed by atoms with van der Waals surface area (Å²) < 4.78 is 5.00. The molecule has 1 aliphatic heterocycles. The molecule has 1 N–H and O–H groups in total.